The fourth-order valence-electron chi connectivity index (χ4n) is 1.52. The molecule has 1 unspecified atom stereocenters. The van der Waals surface area contributed by atoms with Gasteiger partial charge in [0.1, 0.15) is 0 Å². The molecule has 1 atom stereocenters. The number of anilines is 1. The highest BCUT2D eigenvalue weighted by molar-refractivity contribution is 6.33. The highest BCUT2D eigenvalue weighted by Crippen LogP contribution is 2.33. The fourth-order valence-corrected chi connectivity index (χ4v) is 1.75. The summed E-state index contributed by atoms with van der Waals surface area (Å²) in [5, 5.41) is 2.63. The van der Waals surface area contributed by atoms with E-state index in [2.05, 4.69) is 15.7 Å². The molecule has 0 spiro atoms. The molecule has 0 amide bonds. The number of hydrogen-bond acceptors (Lipinski definition) is 3. The van der Waals surface area contributed by atoms with Crippen LogP contribution in [0.15, 0.2) is 23.2 Å². The summed E-state index contributed by atoms with van der Waals surface area (Å²) in [5.74, 6) is 5.47. The van der Waals surface area contributed by atoms with Crippen LogP contribution in [0.1, 0.15) is 12.5 Å². The zero-order chi connectivity index (χ0) is 16.0. The molecule has 0 radical (unpaired) electrons. The average molecular weight is 325 g/mol. The lowest BCUT2D eigenvalue weighted by molar-refractivity contribution is -0.137. The van der Waals surface area contributed by atoms with E-state index in [1.165, 1.54) is 13.2 Å². The number of rotatable bonds is 4. The van der Waals surface area contributed by atoms with Gasteiger partial charge in [0.25, 0.3) is 0 Å². The third-order valence-corrected chi connectivity index (χ3v) is 2.76. The summed E-state index contributed by atoms with van der Waals surface area (Å²) in [7, 11) is 1.53. The molecule has 1 aromatic carbocycles. The monoisotopic (exact) mass is 324 g/mol. The summed E-state index contributed by atoms with van der Waals surface area (Å²) in [6.45, 7) is 2.16. The maximum absolute atomic E-state index is 12.5. The van der Waals surface area contributed by atoms with Crippen LogP contribution < -0.4 is 16.6 Å². The molecule has 0 aliphatic carbocycles. The van der Waals surface area contributed by atoms with Crippen LogP contribution in [-0.2, 0) is 10.9 Å². The van der Waals surface area contributed by atoms with Crippen LogP contribution in [0.2, 0.25) is 5.02 Å². The molecule has 0 aliphatic heterocycles. The lowest BCUT2D eigenvalue weighted by atomic mass is 10.2. The second-order valence-corrected chi connectivity index (χ2v) is 4.65. The third kappa shape index (κ3) is 5.41. The second kappa shape index (κ2) is 7.48. The summed E-state index contributed by atoms with van der Waals surface area (Å²) in [4.78, 5) is 4.16. The molecule has 1 rings (SSSR count). The molecule has 0 saturated carbocycles. The number of ether oxygens (including phenoxy) is 1. The number of nitrogens with zero attached hydrogens (tertiary/aromatic N) is 1. The molecular formula is C12H16ClF3N4O. The summed E-state index contributed by atoms with van der Waals surface area (Å²) in [6, 6.07) is 2.76. The number of nitrogens with one attached hydrogen (secondary N) is 2. The minimum atomic E-state index is -4.45. The van der Waals surface area contributed by atoms with E-state index in [0.717, 1.165) is 12.1 Å². The van der Waals surface area contributed by atoms with Gasteiger partial charge in [-0.1, -0.05) is 11.6 Å². The Kier molecular flexibility index (Phi) is 6.25. The lowest BCUT2D eigenvalue weighted by Gasteiger charge is -2.14. The Balaban J connectivity index is 2.91. The zero-order valence-corrected chi connectivity index (χ0v) is 12.2. The van der Waals surface area contributed by atoms with Gasteiger partial charge < -0.3 is 10.1 Å². The van der Waals surface area contributed by atoms with Crippen LogP contribution in [0, 0.1) is 0 Å². The Labute approximate surface area is 125 Å². The van der Waals surface area contributed by atoms with E-state index in [-0.39, 0.29) is 22.7 Å². The molecule has 118 valence electrons. The molecule has 9 heteroatoms. The fraction of sp³-hybridized carbons (Fsp3) is 0.417. The molecular weight excluding hydrogens is 309 g/mol. The molecule has 1 aromatic rings. The summed E-state index contributed by atoms with van der Waals surface area (Å²) in [5.41, 5.74) is 1.74. The Morgan fingerprint density at radius 2 is 2.14 bits per heavy atom. The van der Waals surface area contributed by atoms with Crippen molar-refractivity contribution in [2.24, 2.45) is 10.8 Å². The van der Waals surface area contributed by atoms with Gasteiger partial charge >= 0.3 is 6.18 Å². The summed E-state index contributed by atoms with van der Waals surface area (Å²) >= 11 is 5.82. The molecule has 21 heavy (non-hydrogen) atoms. The van der Waals surface area contributed by atoms with E-state index in [4.69, 9.17) is 22.2 Å². The van der Waals surface area contributed by atoms with Gasteiger partial charge in [0.05, 0.1) is 28.9 Å². The molecule has 0 aromatic heterocycles. The summed E-state index contributed by atoms with van der Waals surface area (Å²) < 4.78 is 42.5. The largest absolute Gasteiger partial charge is 0.416 e. The van der Waals surface area contributed by atoms with E-state index in [0.29, 0.717) is 6.61 Å². The SMILES string of the molecule is COCC(C)N=C(NN)Nc1ccc(C(F)(F)F)cc1Cl. The van der Waals surface area contributed by atoms with Crippen molar-refractivity contribution in [1.29, 1.82) is 0 Å². The minimum absolute atomic E-state index is 0.0906. The number of nitrogens with two attached hydrogens (primary N) is 1. The number of alkyl halides is 3. The van der Waals surface area contributed by atoms with Gasteiger partial charge in [-0.2, -0.15) is 13.2 Å². The molecule has 5 nitrogen and oxygen atoms in total. The zero-order valence-electron chi connectivity index (χ0n) is 11.5. The van der Waals surface area contributed by atoms with Gasteiger partial charge in [0, 0.05) is 7.11 Å². The first-order valence-corrected chi connectivity index (χ1v) is 6.32. The van der Waals surface area contributed by atoms with Crippen molar-refractivity contribution in [1.82, 2.24) is 5.43 Å². The van der Waals surface area contributed by atoms with Crippen molar-refractivity contribution < 1.29 is 17.9 Å². The van der Waals surface area contributed by atoms with Gasteiger partial charge in [0.15, 0.2) is 0 Å². The van der Waals surface area contributed by atoms with Crippen LogP contribution in [0.5, 0.6) is 0 Å². The minimum Gasteiger partial charge on any atom is -0.382 e. The van der Waals surface area contributed by atoms with Gasteiger partial charge in [-0.05, 0) is 25.1 Å². The summed E-state index contributed by atoms with van der Waals surface area (Å²) in [6.07, 6.45) is -4.45. The standard InChI is InChI=1S/C12H16ClF3N4O/c1-7(6-21-2)18-11(20-17)19-10-4-3-8(5-9(10)13)12(14,15)16/h3-5,7H,6,17H2,1-2H3,(H2,18,19,20). The first kappa shape index (κ1) is 17.5. The first-order chi connectivity index (χ1) is 9.77. The normalized spacial score (nSPS) is 14.0. The smallest absolute Gasteiger partial charge is 0.382 e. The number of hydrogen-bond donors (Lipinski definition) is 3. The highest BCUT2D eigenvalue weighted by Gasteiger charge is 2.30. The Hall–Kier alpha value is -1.51. The van der Waals surface area contributed by atoms with Crippen LogP contribution in [-0.4, -0.2) is 25.7 Å². The van der Waals surface area contributed by atoms with Crippen LogP contribution >= 0.6 is 11.6 Å². The number of benzene rings is 1. The van der Waals surface area contributed by atoms with Crippen molar-refractivity contribution in [2.75, 3.05) is 19.0 Å². The van der Waals surface area contributed by atoms with Crippen molar-refractivity contribution in [3.05, 3.63) is 28.8 Å². The number of hydrazine groups is 1. The predicted molar refractivity (Wildman–Crippen MR) is 76.2 cm³/mol. The molecule has 0 bridgehead atoms. The van der Waals surface area contributed by atoms with Gasteiger partial charge in [0.2, 0.25) is 5.96 Å². The molecule has 4 N–H and O–H groups in total. The third-order valence-electron chi connectivity index (χ3n) is 2.44. The maximum Gasteiger partial charge on any atom is 0.416 e. The predicted octanol–water partition coefficient (Wildman–Crippen LogP) is 2.62. The molecule has 0 fully saturated rings. The highest BCUT2D eigenvalue weighted by atomic mass is 35.5. The second-order valence-electron chi connectivity index (χ2n) is 4.24. The van der Waals surface area contributed by atoms with Crippen LogP contribution in [0.3, 0.4) is 0 Å². The Morgan fingerprint density at radius 3 is 2.62 bits per heavy atom. The first-order valence-electron chi connectivity index (χ1n) is 5.95. The van der Waals surface area contributed by atoms with E-state index in [1.807, 2.05) is 0 Å². The van der Waals surface area contributed by atoms with Gasteiger partial charge in [-0.3, -0.25) is 5.43 Å². The van der Waals surface area contributed by atoms with Gasteiger partial charge in [-0.15, -0.1) is 0 Å². The van der Waals surface area contributed by atoms with Crippen molar-refractivity contribution >= 4 is 23.2 Å². The van der Waals surface area contributed by atoms with E-state index >= 15 is 0 Å². The van der Waals surface area contributed by atoms with Crippen molar-refractivity contribution in [2.45, 2.75) is 19.1 Å². The quantitative estimate of drug-likeness (QED) is 0.344. The van der Waals surface area contributed by atoms with Crippen LogP contribution in [0.25, 0.3) is 0 Å². The van der Waals surface area contributed by atoms with E-state index in [9.17, 15) is 13.2 Å². The number of aliphatic imine (C=N–C) groups is 1. The number of guanidine groups is 1. The van der Waals surface area contributed by atoms with E-state index < -0.39 is 11.7 Å². The molecule has 0 aliphatic rings. The van der Waals surface area contributed by atoms with Gasteiger partial charge in [-0.25, -0.2) is 10.8 Å². The Bertz CT molecular complexity index is 508. The van der Waals surface area contributed by atoms with Crippen LogP contribution in [0.4, 0.5) is 18.9 Å². The average Bonchev–Trinajstić information content (AvgIpc) is 2.39. The van der Waals surface area contributed by atoms with Crippen molar-refractivity contribution in [3.63, 3.8) is 0 Å². The molecule has 0 saturated heterocycles. The topological polar surface area (TPSA) is 71.7 Å². The lowest BCUT2D eigenvalue weighted by Crippen LogP contribution is -2.37. The Morgan fingerprint density at radius 1 is 1.48 bits per heavy atom. The van der Waals surface area contributed by atoms with Crippen molar-refractivity contribution in [3.8, 4) is 0 Å². The molecule has 0 heterocycles. The number of methoxy groups -OCH3 is 1. The number of halogens is 4. The van der Waals surface area contributed by atoms with E-state index in [1.54, 1.807) is 6.92 Å². The maximum atomic E-state index is 12.5.